The molecule has 1 N–H and O–H groups in total. The van der Waals surface area contributed by atoms with Crippen LogP contribution in [0.4, 0.5) is 0 Å². The Kier molecular flexibility index (Phi) is 6.23. The third kappa shape index (κ3) is 3.91. The summed E-state index contributed by atoms with van der Waals surface area (Å²) in [6, 6.07) is 14.4. The van der Waals surface area contributed by atoms with Gasteiger partial charge in [0.25, 0.3) is 11.8 Å². The van der Waals surface area contributed by atoms with Gasteiger partial charge < -0.3 is 19.5 Å². The molecule has 2 atom stereocenters. The predicted molar refractivity (Wildman–Crippen MR) is 152 cm³/mol. The molecule has 1 saturated carbocycles. The molecule has 1 saturated heterocycles. The molecule has 1 unspecified atom stereocenters. The highest BCUT2D eigenvalue weighted by atomic mass is 32.1. The van der Waals surface area contributed by atoms with Crippen LogP contribution in [0.15, 0.2) is 35.7 Å². The molecule has 2 fully saturated rings. The van der Waals surface area contributed by atoms with Crippen LogP contribution in [-0.4, -0.2) is 46.0 Å². The number of aromatic nitrogens is 1. The second-order valence-corrected chi connectivity index (χ2v) is 12.3. The van der Waals surface area contributed by atoms with E-state index in [0.717, 1.165) is 40.1 Å². The molecule has 1 aromatic carbocycles. The van der Waals surface area contributed by atoms with E-state index < -0.39 is 11.1 Å². The highest BCUT2D eigenvalue weighted by Crippen LogP contribution is 2.47. The van der Waals surface area contributed by atoms with E-state index in [-0.39, 0.29) is 17.7 Å². The lowest BCUT2D eigenvalue weighted by atomic mass is 9.78. The molecule has 3 aliphatic rings. The first-order valence-corrected chi connectivity index (χ1v) is 14.6. The van der Waals surface area contributed by atoms with Crippen molar-refractivity contribution in [3.8, 4) is 39.6 Å². The third-order valence-electron chi connectivity index (χ3n) is 8.86. The van der Waals surface area contributed by atoms with Gasteiger partial charge in [0.1, 0.15) is 22.5 Å². The van der Waals surface area contributed by atoms with Gasteiger partial charge in [-0.05, 0) is 80.2 Å². The Balaban J connectivity index is 1.52. The first-order valence-electron chi connectivity index (χ1n) is 13.7. The number of hydrogen-bond donors (Lipinski definition) is 1. The van der Waals surface area contributed by atoms with Crippen molar-refractivity contribution in [3.05, 3.63) is 52.5 Å². The average Bonchev–Trinajstić information content (AvgIpc) is 3.69. The lowest BCUT2D eigenvalue weighted by molar-refractivity contribution is 0.0681. The lowest BCUT2D eigenvalue weighted by Gasteiger charge is -2.36. The number of likely N-dealkylation sites (tertiary alicyclic amines) is 1. The molecule has 2 aromatic heterocycles. The number of nitriles is 2. The van der Waals surface area contributed by atoms with Gasteiger partial charge in [-0.15, -0.1) is 11.3 Å². The van der Waals surface area contributed by atoms with Crippen molar-refractivity contribution in [2.24, 2.45) is 0 Å². The SMILES string of the molecule is COc1cc2c(cc1C(=O)NC1(C#N)CCC1)-c1c(-c3cccs3)cc(C(=O)N3CCC[C@]3(C)C#N)n1CC2C. The van der Waals surface area contributed by atoms with Gasteiger partial charge in [-0.25, -0.2) is 0 Å². The van der Waals surface area contributed by atoms with Gasteiger partial charge in [0.2, 0.25) is 0 Å². The third-order valence-corrected chi connectivity index (χ3v) is 9.77. The minimum absolute atomic E-state index is 0.0432. The summed E-state index contributed by atoms with van der Waals surface area (Å²) in [5.41, 5.74) is 2.97. The minimum Gasteiger partial charge on any atom is -0.496 e. The second kappa shape index (κ2) is 9.53. The molecule has 40 heavy (non-hydrogen) atoms. The van der Waals surface area contributed by atoms with Crippen LogP contribution in [0.25, 0.3) is 21.7 Å². The van der Waals surface area contributed by atoms with Crippen LogP contribution in [-0.2, 0) is 6.54 Å². The van der Waals surface area contributed by atoms with Crippen LogP contribution in [0.1, 0.15) is 78.3 Å². The van der Waals surface area contributed by atoms with Crippen LogP contribution >= 0.6 is 11.3 Å². The van der Waals surface area contributed by atoms with Crippen molar-refractivity contribution in [2.45, 2.75) is 69.5 Å². The van der Waals surface area contributed by atoms with E-state index in [4.69, 9.17) is 4.74 Å². The van der Waals surface area contributed by atoms with Crippen LogP contribution < -0.4 is 10.1 Å². The highest BCUT2D eigenvalue weighted by Gasteiger charge is 2.43. The molecule has 0 bridgehead atoms. The van der Waals surface area contributed by atoms with Crippen molar-refractivity contribution in [1.29, 1.82) is 10.5 Å². The molecule has 2 amide bonds. The van der Waals surface area contributed by atoms with Gasteiger partial charge in [0.05, 0.1) is 30.5 Å². The highest BCUT2D eigenvalue weighted by molar-refractivity contribution is 7.13. The number of carbonyl (C=O) groups excluding carboxylic acids is 2. The Hall–Kier alpha value is -4.08. The smallest absolute Gasteiger partial charge is 0.271 e. The maximum Gasteiger partial charge on any atom is 0.271 e. The number of rotatable bonds is 5. The zero-order valence-corrected chi connectivity index (χ0v) is 23.7. The number of hydrogen-bond acceptors (Lipinski definition) is 6. The molecule has 6 rings (SSSR count). The van der Waals surface area contributed by atoms with Crippen molar-refractivity contribution in [3.63, 3.8) is 0 Å². The Bertz CT molecular complexity index is 1600. The summed E-state index contributed by atoms with van der Waals surface area (Å²) in [5, 5.41) is 24.6. The van der Waals surface area contributed by atoms with Crippen LogP contribution in [0, 0.1) is 22.7 Å². The fourth-order valence-electron chi connectivity index (χ4n) is 6.38. The summed E-state index contributed by atoms with van der Waals surface area (Å²) in [4.78, 5) is 30.3. The van der Waals surface area contributed by atoms with Gasteiger partial charge in [-0.3, -0.25) is 9.59 Å². The fraction of sp³-hybridized carbons (Fsp3) is 0.419. The summed E-state index contributed by atoms with van der Waals surface area (Å²) in [5.74, 6) is 0.0229. The lowest BCUT2D eigenvalue weighted by Crippen LogP contribution is -2.52. The Morgan fingerprint density at radius 3 is 2.55 bits per heavy atom. The van der Waals surface area contributed by atoms with E-state index in [1.165, 1.54) is 0 Å². The van der Waals surface area contributed by atoms with Crippen molar-refractivity contribution in [2.75, 3.05) is 13.7 Å². The minimum atomic E-state index is -0.837. The van der Waals surface area contributed by atoms with E-state index in [1.807, 2.05) is 42.6 Å². The van der Waals surface area contributed by atoms with Gasteiger partial charge in [0, 0.05) is 29.1 Å². The molecule has 3 aromatic rings. The van der Waals surface area contributed by atoms with Crippen LogP contribution in [0.3, 0.4) is 0 Å². The number of amides is 2. The topological polar surface area (TPSA) is 111 Å². The summed E-state index contributed by atoms with van der Waals surface area (Å²) in [7, 11) is 1.55. The largest absolute Gasteiger partial charge is 0.496 e. The number of methoxy groups -OCH3 is 1. The summed E-state index contributed by atoms with van der Waals surface area (Å²) < 4.78 is 7.74. The zero-order valence-electron chi connectivity index (χ0n) is 22.9. The standard InChI is InChI=1S/C31H31N5O3S/c1-19-16-35-24(29(38)36-11-6-8-30(36,2)17-32)14-23(26-7-4-12-40-26)27(35)21-13-22(25(39-3)15-20(19)21)28(37)34-31(18-33)9-5-10-31/h4,7,12-15,19H,5-6,8-11,16H2,1-3H3,(H,34,37)/t19?,30-/m1/s1. The summed E-state index contributed by atoms with van der Waals surface area (Å²) >= 11 is 1.59. The molecular weight excluding hydrogens is 522 g/mol. The summed E-state index contributed by atoms with van der Waals surface area (Å²) in [6.07, 6.45) is 3.62. The Morgan fingerprint density at radius 1 is 1.12 bits per heavy atom. The molecular formula is C31H31N5O3S. The van der Waals surface area contributed by atoms with Gasteiger partial charge >= 0.3 is 0 Å². The predicted octanol–water partition coefficient (Wildman–Crippen LogP) is 5.70. The van der Waals surface area contributed by atoms with E-state index >= 15 is 0 Å². The fourth-order valence-corrected chi connectivity index (χ4v) is 7.12. The Morgan fingerprint density at radius 2 is 1.93 bits per heavy atom. The number of nitrogens with zero attached hydrogens (tertiary/aromatic N) is 4. The Labute approximate surface area is 237 Å². The van der Waals surface area contributed by atoms with Crippen LogP contribution in [0.2, 0.25) is 0 Å². The number of nitrogens with one attached hydrogen (secondary N) is 1. The molecule has 1 aliphatic carbocycles. The van der Waals surface area contributed by atoms with Gasteiger partial charge in [0.15, 0.2) is 0 Å². The van der Waals surface area contributed by atoms with E-state index in [1.54, 1.807) is 23.3 Å². The van der Waals surface area contributed by atoms with Gasteiger partial charge in [-0.2, -0.15) is 10.5 Å². The van der Waals surface area contributed by atoms with E-state index in [9.17, 15) is 20.1 Å². The summed E-state index contributed by atoms with van der Waals surface area (Å²) in [6.45, 7) is 5.07. The zero-order chi connectivity index (χ0) is 28.2. The molecule has 0 spiro atoms. The maximum atomic E-state index is 14.0. The van der Waals surface area contributed by atoms with E-state index in [2.05, 4.69) is 28.9 Å². The number of carbonyl (C=O) groups is 2. The molecule has 0 radical (unpaired) electrons. The molecule has 2 aliphatic heterocycles. The number of fused-ring (bicyclic) bond motifs is 3. The average molecular weight is 554 g/mol. The molecule has 9 heteroatoms. The van der Waals surface area contributed by atoms with Crippen molar-refractivity contribution < 1.29 is 14.3 Å². The molecule has 4 heterocycles. The first-order chi connectivity index (χ1) is 19.2. The van der Waals surface area contributed by atoms with Crippen molar-refractivity contribution >= 4 is 23.2 Å². The number of ether oxygens (including phenoxy) is 1. The monoisotopic (exact) mass is 553 g/mol. The molecule has 8 nitrogen and oxygen atoms in total. The number of benzene rings is 1. The van der Waals surface area contributed by atoms with Crippen molar-refractivity contribution in [1.82, 2.24) is 14.8 Å². The van der Waals surface area contributed by atoms with Crippen LogP contribution in [0.5, 0.6) is 5.75 Å². The maximum absolute atomic E-state index is 14.0. The quantitative estimate of drug-likeness (QED) is 0.435. The van der Waals surface area contributed by atoms with E-state index in [0.29, 0.717) is 49.4 Å². The number of thiophene rings is 1. The first kappa shape index (κ1) is 26.2. The normalized spacial score (nSPS) is 22.3. The molecule has 204 valence electrons. The van der Waals surface area contributed by atoms with Gasteiger partial charge in [-0.1, -0.05) is 13.0 Å². The second-order valence-electron chi connectivity index (χ2n) is 11.4.